The van der Waals surface area contributed by atoms with Crippen LogP contribution >= 0.6 is 0 Å². The summed E-state index contributed by atoms with van der Waals surface area (Å²) >= 11 is 0. The number of ether oxygens (including phenoxy) is 1. The molecule has 0 fully saturated rings. The van der Waals surface area contributed by atoms with E-state index in [0.717, 1.165) is 12.0 Å². The molecule has 0 spiro atoms. The van der Waals surface area contributed by atoms with E-state index in [2.05, 4.69) is 54.2 Å². The van der Waals surface area contributed by atoms with Crippen molar-refractivity contribution in [3.8, 4) is 5.75 Å². The molecule has 3 aromatic rings. The minimum atomic E-state index is -4.67. The van der Waals surface area contributed by atoms with E-state index < -0.39 is 6.36 Å². The largest absolute Gasteiger partial charge is 0.573 e. The molecular formula is C23H24F3NO. The van der Waals surface area contributed by atoms with Crippen LogP contribution in [0.5, 0.6) is 5.75 Å². The van der Waals surface area contributed by atoms with E-state index in [0.29, 0.717) is 6.42 Å². The Kier molecular flexibility index (Phi) is 6.25. The topological polar surface area (TPSA) is 21.3 Å². The van der Waals surface area contributed by atoms with Crippen LogP contribution in [0.1, 0.15) is 37.4 Å². The lowest BCUT2D eigenvalue weighted by molar-refractivity contribution is -0.274. The van der Waals surface area contributed by atoms with Crippen LogP contribution in [-0.4, -0.2) is 12.4 Å². The highest BCUT2D eigenvalue weighted by molar-refractivity contribution is 5.86. The monoisotopic (exact) mass is 387 g/mol. The summed E-state index contributed by atoms with van der Waals surface area (Å²) in [6.45, 7) is 4.23. The van der Waals surface area contributed by atoms with E-state index >= 15 is 0 Å². The van der Waals surface area contributed by atoms with Gasteiger partial charge in [-0.1, -0.05) is 54.6 Å². The number of benzene rings is 3. The fourth-order valence-corrected chi connectivity index (χ4v) is 3.51. The fraction of sp³-hybridized carbons (Fsp3) is 0.304. The molecule has 0 radical (unpaired) electrons. The van der Waals surface area contributed by atoms with Gasteiger partial charge >= 0.3 is 6.36 Å². The summed E-state index contributed by atoms with van der Waals surface area (Å²) in [6, 6.07) is 21.2. The molecular weight excluding hydrogens is 363 g/mol. The van der Waals surface area contributed by atoms with Gasteiger partial charge < -0.3 is 10.1 Å². The van der Waals surface area contributed by atoms with Crippen molar-refractivity contribution in [2.45, 2.75) is 45.1 Å². The van der Waals surface area contributed by atoms with Crippen LogP contribution in [0.4, 0.5) is 13.2 Å². The molecule has 0 aliphatic rings. The van der Waals surface area contributed by atoms with E-state index in [4.69, 9.17) is 0 Å². The summed E-state index contributed by atoms with van der Waals surface area (Å²) in [4.78, 5) is 0. The van der Waals surface area contributed by atoms with Gasteiger partial charge in [0.05, 0.1) is 0 Å². The lowest BCUT2D eigenvalue weighted by Crippen LogP contribution is -2.29. The van der Waals surface area contributed by atoms with Crippen LogP contribution in [0, 0.1) is 0 Å². The zero-order valence-electron chi connectivity index (χ0n) is 16.0. The second-order valence-electron chi connectivity index (χ2n) is 7.09. The van der Waals surface area contributed by atoms with E-state index in [1.54, 1.807) is 6.07 Å². The Hall–Kier alpha value is -2.53. The van der Waals surface area contributed by atoms with Crippen LogP contribution in [0.3, 0.4) is 0 Å². The molecule has 3 aromatic carbocycles. The maximum absolute atomic E-state index is 12.4. The molecule has 148 valence electrons. The Bertz CT molecular complexity index is 918. The van der Waals surface area contributed by atoms with Gasteiger partial charge in [-0.2, -0.15) is 0 Å². The van der Waals surface area contributed by atoms with Crippen molar-refractivity contribution in [1.29, 1.82) is 0 Å². The number of rotatable bonds is 7. The second-order valence-corrected chi connectivity index (χ2v) is 7.09. The standard InChI is InChI=1S/C23H24F3NO/c1-16(13-14-18-7-5-10-20(15-18)28-23(24,25)26)27-17(2)21-12-6-9-19-8-3-4-11-22(19)21/h3-12,15-17,27H,13-14H2,1-2H3/t16-,17+/m1/s1. The van der Waals surface area contributed by atoms with E-state index in [9.17, 15) is 13.2 Å². The van der Waals surface area contributed by atoms with Gasteiger partial charge in [0.25, 0.3) is 0 Å². The molecule has 2 atom stereocenters. The van der Waals surface area contributed by atoms with Gasteiger partial charge in [0, 0.05) is 12.1 Å². The summed E-state index contributed by atoms with van der Waals surface area (Å²) in [6.07, 6.45) is -3.18. The third-order valence-electron chi connectivity index (χ3n) is 4.82. The number of alkyl halides is 3. The van der Waals surface area contributed by atoms with Gasteiger partial charge in [-0.15, -0.1) is 13.2 Å². The maximum Gasteiger partial charge on any atom is 0.573 e. The van der Waals surface area contributed by atoms with Crippen LogP contribution < -0.4 is 10.1 Å². The molecule has 0 saturated carbocycles. The quantitative estimate of drug-likeness (QED) is 0.506. The second kappa shape index (κ2) is 8.65. The number of hydrogen-bond donors (Lipinski definition) is 1. The van der Waals surface area contributed by atoms with Gasteiger partial charge in [0.1, 0.15) is 5.75 Å². The van der Waals surface area contributed by atoms with Gasteiger partial charge in [-0.05, 0) is 60.7 Å². The van der Waals surface area contributed by atoms with E-state index in [1.807, 2.05) is 18.2 Å². The van der Waals surface area contributed by atoms with Crippen molar-refractivity contribution < 1.29 is 17.9 Å². The average molecular weight is 387 g/mol. The average Bonchev–Trinajstić information content (AvgIpc) is 2.65. The molecule has 0 saturated heterocycles. The van der Waals surface area contributed by atoms with E-state index in [1.165, 1.54) is 28.5 Å². The number of aryl methyl sites for hydroxylation is 1. The smallest absolute Gasteiger partial charge is 0.406 e. The zero-order chi connectivity index (χ0) is 20.1. The van der Waals surface area contributed by atoms with Gasteiger partial charge in [-0.3, -0.25) is 0 Å². The van der Waals surface area contributed by atoms with Crippen LogP contribution in [0.15, 0.2) is 66.7 Å². The van der Waals surface area contributed by atoms with Crippen LogP contribution in [0.25, 0.3) is 10.8 Å². The van der Waals surface area contributed by atoms with Crippen molar-refractivity contribution in [2.24, 2.45) is 0 Å². The Labute approximate surface area is 163 Å². The number of nitrogens with one attached hydrogen (secondary N) is 1. The summed E-state index contributed by atoms with van der Waals surface area (Å²) in [7, 11) is 0. The normalized spacial score (nSPS) is 14.0. The number of halogens is 3. The van der Waals surface area contributed by atoms with Crippen LogP contribution in [-0.2, 0) is 6.42 Å². The van der Waals surface area contributed by atoms with Gasteiger partial charge in [-0.25, -0.2) is 0 Å². The minimum Gasteiger partial charge on any atom is -0.406 e. The Balaban J connectivity index is 1.60. The van der Waals surface area contributed by atoms with Crippen LogP contribution in [0.2, 0.25) is 0 Å². The molecule has 2 nitrogen and oxygen atoms in total. The van der Waals surface area contributed by atoms with Crippen molar-refractivity contribution in [1.82, 2.24) is 5.32 Å². The highest BCUT2D eigenvalue weighted by atomic mass is 19.4. The van der Waals surface area contributed by atoms with Crippen molar-refractivity contribution >= 4 is 10.8 Å². The molecule has 0 amide bonds. The predicted octanol–water partition coefficient (Wildman–Crippen LogP) is 6.41. The third kappa shape index (κ3) is 5.49. The minimum absolute atomic E-state index is 0.168. The molecule has 0 heterocycles. The molecule has 1 N–H and O–H groups in total. The van der Waals surface area contributed by atoms with Crippen molar-refractivity contribution in [3.63, 3.8) is 0 Å². The Morgan fingerprint density at radius 2 is 1.64 bits per heavy atom. The molecule has 3 rings (SSSR count). The maximum atomic E-state index is 12.4. The number of fused-ring (bicyclic) bond motifs is 1. The first-order chi connectivity index (χ1) is 13.3. The van der Waals surface area contributed by atoms with Gasteiger partial charge in [0.15, 0.2) is 0 Å². The first-order valence-electron chi connectivity index (χ1n) is 9.40. The third-order valence-corrected chi connectivity index (χ3v) is 4.82. The van der Waals surface area contributed by atoms with Crippen molar-refractivity contribution in [2.75, 3.05) is 0 Å². The van der Waals surface area contributed by atoms with Gasteiger partial charge in [0.2, 0.25) is 0 Å². The highest BCUT2D eigenvalue weighted by Gasteiger charge is 2.31. The molecule has 5 heteroatoms. The molecule has 0 bridgehead atoms. The first kappa shape index (κ1) is 20.2. The van der Waals surface area contributed by atoms with Crippen molar-refractivity contribution in [3.05, 3.63) is 77.9 Å². The Morgan fingerprint density at radius 3 is 2.43 bits per heavy atom. The SMILES string of the molecule is C[C@H](CCc1cccc(OC(F)(F)F)c1)N[C@@H](C)c1cccc2ccccc12. The highest BCUT2D eigenvalue weighted by Crippen LogP contribution is 2.26. The summed E-state index contributed by atoms with van der Waals surface area (Å²) in [5, 5.41) is 6.04. The fourth-order valence-electron chi connectivity index (χ4n) is 3.51. The molecule has 0 aliphatic carbocycles. The lowest BCUT2D eigenvalue weighted by atomic mass is 9.98. The predicted molar refractivity (Wildman–Crippen MR) is 106 cm³/mol. The summed E-state index contributed by atoms with van der Waals surface area (Å²) < 4.78 is 41.1. The number of hydrogen-bond acceptors (Lipinski definition) is 2. The molecule has 0 aliphatic heterocycles. The summed E-state index contributed by atoms with van der Waals surface area (Å²) in [5.74, 6) is -0.172. The zero-order valence-corrected chi connectivity index (χ0v) is 16.0. The van der Waals surface area contributed by atoms with E-state index in [-0.39, 0.29) is 17.8 Å². The molecule has 0 aromatic heterocycles. The first-order valence-corrected chi connectivity index (χ1v) is 9.40. The Morgan fingerprint density at radius 1 is 0.929 bits per heavy atom. The molecule has 28 heavy (non-hydrogen) atoms. The molecule has 0 unspecified atom stereocenters. The lowest BCUT2D eigenvalue weighted by Gasteiger charge is -2.22. The summed E-state index contributed by atoms with van der Waals surface area (Å²) in [5.41, 5.74) is 2.07.